The lowest BCUT2D eigenvalue weighted by Crippen LogP contribution is -2.23. The average Bonchev–Trinajstić information content (AvgIpc) is 3.22. The Labute approximate surface area is 112 Å². The van der Waals surface area contributed by atoms with Gasteiger partial charge in [0.25, 0.3) is 0 Å². The largest absolute Gasteiger partial charge is 0.356 e. The topological polar surface area (TPSA) is 38.1 Å². The quantitative estimate of drug-likeness (QED) is 0.788. The Morgan fingerprint density at radius 3 is 2.58 bits per heavy atom. The number of benzene rings is 1. The van der Waals surface area contributed by atoms with Gasteiger partial charge in [0, 0.05) is 13.1 Å². The summed E-state index contributed by atoms with van der Waals surface area (Å²) in [5.74, 6) is 0.904. The van der Waals surface area contributed by atoms with Gasteiger partial charge in [0.2, 0.25) is 0 Å². The molecule has 1 aromatic heterocycles. The fourth-order valence-corrected chi connectivity index (χ4v) is 2.39. The zero-order chi connectivity index (χ0) is 13.4. The van der Waals surface area contributed by atoms with Crippen LogP contribution in [0.3, 0.4) is 0 Å². The van der Waals surface area contributed by atoms with E-state index in [0.717, 1.165) is 23.5 Å². The van der Waals surface area contributed by atoms with Crippen LogP contribution >= 0.6 is 0 Å². The maximum atomic E-state index is 11.4. The Balaban J connectivity index is 2.16. The van der Waals surface area contributed by atoms with Crippen LogP contribution in [-0.4, -0.2) is 29.2 Å². The second kappa shape index (κ2) is 4.53. The monoisotopic (exact) mass is 255 g/mol. The zero-order valence-electron chi connectivity index (χ0n) is 11.2. The normalized spacial score (nSPS) is 14.4. The van der Waals surface area contributed by atoms with Gasteiger partial charge in [-0.2, -0.15) is 5.10 Å². The Morgan fingerprint density at radius 2 is 2.00 bits per heavy atom. The molecule has 0 unspecified atom stereocenters. The van der Waals surface area contributed by atoms with E-state index in [4.69, 9.17) is 0 Å². The van der Waals surface area contributed by atoms with E-state index in [1.807, 2.05) is 49.0 Å². The molecule has 0 aliphatic heterocycles. The number of carbonyl (C=O) groups excluding carboxylic acids is 1. The van der Waals surface area contributed by atoms with Gasteiger partial charge in [-0.3, -0.25) is 4.79 Å². The third-order valence-corrected chi connectivity index (χ3v) is 3.63. The van der Waals surface area contributed by atoms with Gasteiger partial charge in [0.1, 0.15) is 5.82 Å². The number of nitrogens with zero attached hydrogens (tertiary/aromatic N) is 3. The first-order chi connectivity index (χ1) is 9.22. The van der Waals surface area contributed by atoms with E-state index in [0.29, 0.717) is 11.6 Å². The van der Waals surface area contributed by atoms with Crippen molar-refractivity contribution >= 4 is 12.1 Å². The Kier molecular flexibility index (Phi) is 2.85. The molecule has 1 aliphatic carbocycles. The lowest BCUT2D eigenvalue weighted by atomic mass is 10.2. The van der Waals surface area contributed by atoms with E-state index in [-0.39, 0.29) is 0 Å². The molecular weight excluding hydrogens is 238 g/mol. The highest BCUT2D eigenvalue weighted by Gasteiger charge is 2.31. The molecule has 0 atom stereocenters. The van der Waals surface area contributed by atoms with Crippen LogP contribution in [0.5, 0.6) is 0 Å². The van der Waals surface area contributed by atoms with Crippen LogP contribution < -0.4 is 4.90 Å². The highest BCUT2D eigenvalue weighted by atomic mass is 16.1. The minimum Gasteiger partial charge on any atom is -0.356 e. The van der Waals surface area contributed by atoms with Gasteiger partial charge in [-0.1, -0.05) is 18.2 Å². The van der Waals surface area contributed by atoms with Crippen LogP contribution in [0.25, 0.3) is 5.69 Å². The van der Waals surface area contributed by atoms with Crippen molar-refractivity contribution in [2.24, 2.45) is 0 Å². The molecule has 0 N–H and O–H groups in total. The van der Waals surface area contributed by atoms with Gasteiger partial charge in [0.05, 0.1) is 16.9 Å². The summed E-state index contributed by atoms with van der Waals surface area (Å²) in [6.45, 7) is 1.88. The molecule has 4 nitrogen and oxygen atoms in total. The fourth-order valence-electron chi connectivity index (χ4n) is 2.39. The smallest absolute Gasteiger partial charge is 0.155 e. The van der Waals surface area contributed by atoms with Crippen molar-refractivity contribution in [3.63, 3.8) is 0 Å². The van der Waals surface area contributed by atoms with Crippen LogP contribution in [0.1, 0.15) is 28.9 Å². The van der Waals surface area contributed by atoms with Crippen LogP contribution in [0.4, 0.5) is 5.82 Å². The van der Waals surface area contributed by atoms with E-state index in [1.165, 1.54) is 12.8 Å². The standard InChI is InChI=1S/C15H17N3O/c1-11-14(10-19)15(17(2)12-8-9-12)18(16-11)13-6-4-3-5-7-13/h3-7,10,12H,8-9H2,1-2H3. The minimum atomic E-state index is 0.539. The van der Waals surface area contributed by atoms with E-state index < -0.39 is 0 Å². The molecule has 1 heterocycles. The third-order valence-electron chi connectivity index (χ3n) is 3.63. The van der Waals surface area contributed by atoms with Crippen LogP contribution in [0.15, 0.2) is 30.3 Å². The fraction of sp³-hybridized carbons (Fsp3) is 0.333. The van der Waals surface area contributed by atoms with Crippen molar-refractivity contribution in [3.05, 3.63) is 41.6 Å². The third kappa shape index (κ3) is 2.03. The summed E-state index contributed by atoms with van der Waals surface area (Å²) in [5, 5.41) is 4.53. The Hall–Kier alpha value is -2.10. The van der Waals surface area contributed by atoms with Gasteiger partial charge < -0.3 is 4.90 Å². The Bertz CT molecular complexity index is 599. The molecule has 1 aromatic carbocycles. The summed E-state index contributed by atoms with van der Waals surface area (Å²) >= 11 is 0. The molecule has 0 bridgehead atoms. The average molecular weight is 255 g/mol. The summed E-state index contributed by atoms with van der Waals surface area (Å²) in [6.07, 6.45) is 3.29. The number of anilines is 1. The van der Waals surface area contributed by atoms with Gasteiger partial charge in [-0.15, -0.1) is 0 Å². The molecule has 1 fully saturated rings. The molecule has 1 saturated carbocycles. The number of para-hydroxylation sites is 1. The van der Waals surface area contributed by atoms with Crippen LogP contribution in [0, 0.1) is 6.92 Å². The predicted octanol–water partition coefficient (Wildman–Crippen LogP) is 2.59. The molecule has 0 saturated heterocycles. The number of carbonyl (C=O) groups is 1. The predicted molar refractivity (Wildman–Crippen MR) is 75.1 cm³/mol. The van der Waals surface area contributed by atoms with Crippen LogP contribution in [0.2, 0.25) is 0 Å². The lowest BCUT2D eigenvalue weighted by Gasteiger charge is -2.20. The summed E-state index contributed by atoms with van der Waals surface area (Å²) < 4.78 is 1.87. The van der Waals surface area contributed by atoms with E-state index >= 15 is 0 Å². The number of aryl methyl sites for hydroxylation is 1. The molecular formula is C15H17N3O. The molecule has 0 radical (unpaired) electrons. The van der Waals surface area contributed by atoms with E-state index in [9.17, 15) is 4.79 Å². The molecule has 0 amide bonds. The van der Waals surface area contributed by atoms with Crippen molar-refractivity contribution in [1.82, 2.24) is 9.78 Å². The number of rotatable bonds is 4. The number of hydrogen-bond donors (Lipinski definition) is 0. The minimum absolute atomic E-state index is 0.539. The highest BCUT2D eigenvalue weighted by molar-refractivity contribution is 5.85. The van der Waals surface area contributed by atoms with Crippen molar-refractivity contribution in [1.29, 1.82) is 0 Å². The maximum absolute atomic E-state index is 11.4. The molecule has 3 rings (SSSR count). The maximum Gasteiger partial charge on any atom is 0.155 e. The molecule has 2 aromatic rings. The summed E-state index contributed by atoms with van der Waals surface area (Å²) in [5.41, 5.74) is 2.46. The second-order valence-corrected chi connectivity index (χ2v) is 5.03. The summed E-state index contributed by atoms with van der Waals surface area (Å²) in [7, 11) is 2.04. The molecule has 4 heteroatoms. The van der Waals surface area contributed by atoms with E-state index in [1.54, 1.807) is 0 Å². The van der Waals surface area contributed by atoms with Gasteiger partial charge in [-0.05, 0) is 31.9 Å². The van der Waals surface area contributed by atoms with Crippen molar-refractivity contribution in [3.8, 4) is 5.69 Å². The second-order valence-electron chi connectivity index (χ2n) is 5.03. The number of aldehydes is 1. The van der Waals surface area contributed by atoms with Crippen molar-refractivity contribution in [2.75, 3.05) is 11.9 Å². The van der Waals surface area contributed by atoms with Crippen molar-refractivity contribution in [2.45, 2.75) is 25.8 Å². The van der Waals surface area contributed by atoms with Gasteiger partial charge >= 0.3 is 0 Å². The number of aromatic nitrogens is 2. The van der Waals surface area contributed by atoms with Crippen molar-refractivity contribution < 1.29 is 4.79 Å². The van der Waals surface area contributed by atoms with Crippen LogP contribution in [-0.2, 0) is 0 Å². The van der Waals surface area contributed by atoms with Gasteiger partial charge in [-0.25, -0.2) is 4.68 Å². The summed E-state index contributed by atoms with van der Waals surface area (Å²) in [4.78, 5) is 13.5. The Morgan fingerprint density at radius 1 is 1.32 bits per heavy atom. The lowest BCUT2D eigenvalue weighted by molar-refractivity contribution is 0.112. The number of hydrogen-bond acceptors (Lipinski definition) is 3. The highest BCUT2D eigenvalue weighted by Crippen LogP contribution is 2.34. The molecule has 1 aliphatic rings. The summed E-state index contributed by atoms with van der Waals surface area (Å²) in [6, 6.07) is 10.5. The SMILES string of the molecule is Cc1nn(-c2ccccc2)c(N(C)C2CC2)c1C=O. The molecule has 0 spiro atoms. The van der Waals surface area contributed by atoms with Gasteiger partial charge in [0.15, 0.2) is 6.29 Å². The van der Waals surface area contributed by atoms with E-state index in [2.05, 4.69) is 10.00 Å². The first-order valence-electron chi connectivity index (χ1n) is 6.55. The molecule has 98 valence electrons. The first-order valence-corrected chi connectivity index (χ1v) is 6.55. The molecule has 19 heavy (non-hydrogen) atoms. The first kappa shape index (κ1) is 12.0. The zero-order valence-corrected chi connectivity index (χ0v) is 11.2.